The van der Waals surface area contributed by atoms with Crippen LogP contribution < -0.4 is 0 Å². The zero-order valence-electron chi connectivity index (χ0n) is 6.19. The molecule has 0 aromatic rings. The lowest BCUT2D eigenvalue weighted by Gasteiger charge is -2.17. The van der Waals surface area contributed by atoms with Crippen LogP contribution in [-0.4, -0.2) is 40.4 Å². The molecule has 0 rings (SSSR count). The van der Waals surface area contributed by atoms with E-state index in [0.29, 0.717) is 0 Å². The van der Waals surface area contributed by atoms with Crippen LogP contribution in [0.2, 0.25) is 0 Å². The van der Waals surface area contributed by atoms with Gasteiger partial charge in [-0.1, -0.05) is 0 Å². The van der Waals surface area contributed by atoms with Gasteiger partial charge < -0.3 is 20.1 Å². The van der Waals surface area contributed by atoms with Gasteiger partial charge in [0.25, 0.3) is 0 Å². The Morgan fingerprint density at radius 3 is 2.10 bits per heavy atom. The standard InChI is InChI=1S/C6H14O4/c1-4(3-7)10-6(9)5(2)8/h4-9H,3H2,1-2H3. The van der Waals surface area contributed by atoms with Crippen molar-refractivity contribution in [2.75, 3.05) is 6.61 Å². The molecule has 3 atom stereocenters. The average molecular weight is 150 g/mol. The minimum atomic E-state index is -1.21. The predicted molar refractivity (Wildman–Crippen MR) is 35.3 cm³/mol. The van der Waals surface area contributed by atoms with Crippen molar-refractivity contribution in [1.82, 2.24) is 0 Å². The van der Waals surface area contributed by atoms with Gasteiger partial charge in [-0.15, -0.1) is 0 Å². The molecule has 4 heteroatoms. The lowest BCUT2D eigenvalue weighted by molar-refractivity contribution is -0.185. The van der Waals surface area contributed by atoms with Gasteiger partial charge >= 0.3 is 0 Å². The van der Waals surface area contributed by atoms with Crippen LogP contribution in [0, 0.1) is 0 Å². The van der Waals surface area contributed by atoms with E-state index in [-0.39, 0.29) is 6.61 Å². The van der Waals surface area contributed by atoms with Gasteiger partial charge in [0.15, 0.2) is 6.29 Å². The van der Waals surface area contributed by atoms with Crippen molar-refractivity contribution in [1.29, 1.82) is 0 Å². The predicted octanol–water partition coefficient (Wildman–Crippen LogP) is -0.917. The molecule has 10 heavy (non-hydrogen) atoms. The number of rotatable bonds is 4. The van der Waals surface area contributed by atoms with Crippen LogP contribution in [0.4, 0.5) is 0 Å². The summed E-state index contributed by atoms with van der Waals surface area (Å²) in [5.74, 6) is 0. The molecule has 0 bridgehead atoms. The molecule has 0 aliphatic rings. The maximum Gasteiger partial charge on any atom is 0.180 e. The Hall–Kier alpha value is -0.160. The van der Waals surface area contributed by atoms with Crippen LogP contribution in [0.1, 0.15) is 13.8 Å². The van der Waals surface area contributed by atoms with Gasteiger partial charge in [0, 0.05) is 0 Å². The third-order valence-electron chi connectivity index (χ3n) is 1.04. The van der Waals surface area contributed by atoms with Crippen LogP contribution in [0.25, 0.3) is 0 Å². The van der Waals surface area contributed by atoms with Crippen LogP contribution >= 0.6 is 0 Å². The molecule has 0 saturated carbocycles. The van der Waals surface area contributed by atoms with E-state index in [9.17, 15) is 0 Å². The second-order valence-electron chi connectivity index (χ2n) is 2.26. The van der Waals surface area contributed by atoms with E-state index in [1.54, 1.807) is 6.92 Å². The molecular formula is C6H14O4. The number of hydrogen-bond donors (Lipinski definition) is 3. The van der Waals surface area contributed by atoms with Crippen molar-refractivity contribution >= 4 is 0 Å². The summed E-state index contributed by atoms with van der Waals surface area (Å²) in [4.78, 5) is 0. The molecule has 0 fully saturated rings. The summed E-state index contributed by atoms with van der Waals surface area (Å²) in [5.41, 5.74) is 0. The maximum absolute atomic E-state index is 8.84. The van der Waals surface area contributed by atoms with Gasteiger partial charge in [-0.05, 0) is 13.8 Å². The average Bonchev–Trinajstić information content (AvgIpc) is 1.87. The lowest BCUT2D eigenvalue weighted by Crippen LogP contribution is -2.30. The molecule has 4 nitrogen and oxygen atoms in total. The Bertz CT molecular complexity index is 83.8. The molecule has 0 heterocycles. The van der Waals surface area contributed by atoms with E-state index >= 15 is 0 Å². The number of hydrogen-bond acceptors (Lipinski definition) is 4. The van der Waals surface area contributed by atoms with Crippen LogP contribution in [-0.2, 0) is 4.74 Å². The summed E-state index contributed by atoms with van der Waals surface area (Å²) < 4.78 is 4.72. The molecule has 3 N–H and O–H groups in total. The summed E-state index contributed by atoms with van der Waals surface area (Å²) in [6, 6.07) is 0. The molecule has 0 amide bonds. The molecule has 0 radical (unpaired) electrons. The van der Waals surface area contributed by atoms with Gasteiger partial charge in [0.2, 0.25) is 0 Å². The molecular weight excluding hydrogens is 136 g/mol. The van der Waals surface area contributed by atoms with Gasteiger partial charge in [-0.25, -0.2) is 0 Å². The minimum Gasteiger partial charge on any atom is -0.394 e. The number of aliphatic hydroxyl groups excluding tert-OH is 3. The molecule has 0 aliphatic carbocycles. The smallest absolute Gasteiger partial charge is 0.180 e. The first-order valence-electron chi connectivity index (χ1n) is 3.20. The van der Waals surface area contributed by atoms with E-state index in [1.165, 1.54) is 6.92 Å². The highest BCUT2D eigenvalue weighted by Gasteiger charge is 2.13. The first-order chi connectivity index (χ1) is 4.57. The molecule has 0 saturated heterocycles. The van der Waals surface area contributed by atoms with Crippen LogP contribution in [0.3, 0.4) is 0 Å². The third-order valence-corrected chi connectivity index (χ3v) is 1.04. The highest BCUT2D eigenvalue weighted by molar-refractivity contribution is 4.53. The summed E-state index contributed by atoms with van der Waals surface area (Å²) >= 11 is 0. The molecule has 0 aromatic heterocycles. The highest BCUT2D eigenvalue weighted by Crippen LogP contribution is 1.98. The van der Waals surface area contributed by atoms with Crippen molar-refractivity contribution in [2.45, 2.75) is 32.3 Å². The quantitative estimate of drug-likeness (QED) is 0.453. The Morgan fingerprint density at radius 1 is 1.30 bits per heavy atom. The summed E-state index contributed by atoms with van der Waals surface area (Å²) in [6.45, 7) is 2.85. The zero-order valence-corrected chi connectivity index (χ0v) is 6.19. The fourth-order valence-corrected chi connectivity index (χ4v) is 0.395. The Morgan fingerprint density at radius 2 is 1.80 bits per heavy atom. The van der Waals surface area contributed by atoms with Gasteiger partial charge in [0.05, 0.1) is 12.7 Å². The Labute approximate surface area is 60.1 Å². The van der Waals surface area contributed by atoms with Crippen molar-refractivity contribution in [2.24, 2.45) is 0 Å². The molecule has 3 unspecified atom stereocenters. The fourth-order valence-electron chi connectivity index (χ4n) is 0.395. The van der Waals surface area contributed by atoms with Gasteiger partial charge in [-0.2, -0.15) is 0 Å². The van der Waals surface area contributed by atoms with E-state index in [1.807, 2.05) is 0 Å². The van der Waals surface area contributed by atoms with E-state index in [4.69, 9.17) is 20.1 Å². The SMILES string of the molecule is CC(CO)OC(O)C(C)O. The second-order valence-corrected chi connectivity index (χ2v) is 2.26. The van der Waals surface area contributed by atoms with Crippen LogP contribution in [0.5, 0.6) is 0 Å². The summed E-state index contributed by atoms with van der Waals surface area (Å²) in [7, 11) is 0. The molecule has 0 aliphatic heterocycles. The van der Waals surface area contributed by atoms with Gasteiger partial charge in [-0.3, -0.25) is 0 Å². The zero-order chi connectivity index (χ0) is 8.15. The van der Waals surface area contributed by atoms with Gasteiger partial charge in [0.1, 0.15) is 6.10 Å². The van der Waals surface area contributed by atoms with E-state index in [0.717, 1.165) is 0 Å². The van der Waals surface area contributed by atoms with E-state index < -0.39 is 18.5 Å². The van der Waals surface area contributed by atoms with Crippen molar-refractivity contribution in [3.8, 4) is 0 Å². The summed E-state index contributed by atoms with van der Waals surface area (Å²) in [6.07, 6.45) is -2.57. The Balaban J connectivity index is 3.46. The van der Waals surface area contributed by atoms with Crippen LogP contribution in [0.15, 0.2) is 0 Å². The minimum absolute atomic E-state index is 0.163. The highest BCUT2D eigenvalue weighted by atomic mass is 16.6. The normalized spacial score (nSPS) is 20.1. The van der Waals surface area contributed by atoms with Crippen molar-refractivity contribution < 1.29 is 20.1 Å². The lowest BCUT2D eigenvalue weighted by atomic mass is 10.4. The maximum atomic E-state index is 8.84. The second kappa shape index (κ2) is 4.62. The Kier molecular flexibility index (Phi) is 4.55. The fraction of sp³-hybridized carbons (Fsp3) is 1.00. The third kappa shape index (κ3) is 3.79. The molecule has 62 valence electrons. The number of aliphatic hydroxyl groups is 3. The monoisotopic (exact) mass is 150 g/mol. The first-order valence-corrected chi connectivity index (χ1v) is 3.20. The first kappa shape index (κ1) is 9.84. The van der Waals surface area contributed by atoms with Crippen molar-refractivity contribution in [3.05, 3.63) is 0 Å². The van der Waals surface area contributed by atoms with Crippen molar-refractivity contribution in [3.63, 3.8) is 0 Å². The largest absolute Gasteiger partial charge is 0.394 e. The summed E-state index contributed by atoms with van der Waals surface area (Å²) in [5, 5.41) is 26.0. The molecule has 0 spiro atoms. The number of ether oxygens (including phenoxy) is 1. The topological polar surface area (TPSA) is 69.9 Å². The molecule has 0 aromatic carbocycles. The van der Waals surface area contributed by atoms with E-state index in [2.05, 4.69) is 0 Å².